The van der Waals surface area contributed by atoms with Gasteiger partial charge in [-0.25, -0.2) is 0 Å². The van der Waals surface area contributed by atoms with Crippen LogP contribution < -0.4 is 5.32 Å². The van der Waals surface area contributed by atoms with Crippen LogP contribution in [0.3, 0.4) is 0 Å². The van der Waals surface area contributed by atoms with Crippen molar-refractivity contribution in [2.24, 2.45) is 0 Å². The molecule has 0 spiro atoms. The van der Waals surface area contributed by atoms with E-state index in [0.29, 0.717) is 18.7 Å². The van der Waals surface area contributed by atoms with Gasteiger partial charge >= 0.3 is 0 Å². The highest BCUT2D eigenvalue weighted by Crippen LogP contribution is 2.17. The fourth-order valence-corrected chi connectivity index (χ4v) is 3.30. The van der Waals surface area contributed by atoms with E-state index in [1.807, 2.05) is 61.0 Å². The van der Waals surface area contributed by atoms with Crippen molar-refractivity contribution >= 4 is 21.8 Å². The van der Waals surface area contributed by atoms with Crippen molar-refractivity contribution in [1.29, 1.82) is 0 Å². The zero-order chi connectivity index (χ0) is 17.8. The van der Waals surface area contributed by atoms with Gasteiger partial charge in [0.1, 0.15) is 0 Å². The summed E-state index contributed by atoms with van der Waals surface area (Å²) in [4.78, 5) is 12.6. The van der Waals surface area contributed by atoms with Crippen molar-refractivity contribution in [3.8, 4) is 0 Å². The van der Waals surface area contributed by atoms with Crippen LogP contribution in [0.2, 0.25) is 0 Å². The number of benzene rings is 2. The summed E-state index contributed by atoms with van der Waals surface area (Å²) in [6, 6.07) is 18.0. The molecule has 0 aliphatic carbocycles. The Bertz CT molecular complexity index is 887. The molecular formula is C20H20BrN3O. The van der Waals surface area contributed by atoms with Gasteiger partial charge in [0, 0.05) is 16.7 Å². The number of amides is 1. The van der Waals surface area contributed by atoms with Crippen LogP contribution in [0.4, 0.5) is 0 Å². The van der Waals surface area contributed by atoms with Gasteiger partial charge < -0.3 is 5.32 Å². The minimum atomic E-state index is -0.0839. The van der Waals surface area contributed by atoms with E-state index in [4.69, 9.17) is 0 Å². The monoisotopic (exact) mass is 397 g/mol. The van der Waals surface area contributed by atoms with Crippen molar-refractivity contribution < 1.29 is 4.79 Å². The van der Waals surface area contributed by atoms with E-state index < -0.39 is 0 Å². The van der Waals surface area contributed by atoms with E-state index >= 15 is 0 Å². The van der Waals surface area contributed by atoms with Gasteiger partial charge in [0.15, 0.2) is 0 Å². The molecule has 0 atom stereocenters. The number of nitrogens with zero attached hydrogens (tertiary/aromatic N) is 2. The first-order valence-corrected chi connectivity index (χ1v) is 8.94. The number of aromatic nitrogens is 2. The summed E-state index contributed by atoms with van der Waals surface area (Å²) in [6.07, 6.45) is 0. The Morgan fingerprint density at radius 2 is 1.80 bits per heavy atom. The first-order valence-electron chi connectivity index (χ1n) is 8.15. The van der Waals surface area contributed by atoms with Gasteiger partial charge in [-0.15, -0.1) is 0 Å². The highest BCUT2D eigenvalue weighted by molar-refractivity contribution is 9.10. The van der Waals surface area contributed by atoms with Gasteiger partial charge in [0.05, 0.1) is 17.8 Å². The number of carbonyl (C=O) groups excluding carboxylic acids is 1. The van der Waals surface area contributed by atoms with E-state index in [0.717, 1.165) is 27.0 Å². The number of halogens is 1. The topological polar surface area (TPSA) is 46.9 Å². The summed E-state index contributed by atoms with van der Waals surface area (Å²) in [5.41, 5.74) is 4.50. The van der Waals surface area contributed by atoms with Gasteiger partial charge in [-0.2, -0.15) is 5.10 Å². The van der Waals surface area contributed by atoms with Crippen molar-refractivity contribution in [2.75, 3.05) is 0 Å². The minimum Gasteiger partial charge on any atom is -0.348 e. The van der Waals surface area contributed by atoms with Crippen LogP contribution in [0.15, 0.2) is 59.1 Å². The molecular weight excluding hydrogens is 378 g/mol. The van der Waals surface area contributed by atoms with Crippen LogP contribution in [-0.2, 0) is 13.1 Å². The zero-order valence-electron chi connectivity index (χ0n) is 14.3. The average molecular weight is 398 g/mol. The van der Waals surface area contributed by atoms with Crippen LogP contribution in [0.1, 0.15) is 32.9 Å². The summed E-state index contributed by atoms with van der Waals surface area (Å²) in [7, 11) is 0. The third kappa shape index (κ3) is 4.17. The van der Waals surface area contributed by atoms with Crippen LogP contribution in [0.25, 0.3) is 0 Å². The lowest BCUT2D eigenvalue weighted by atomic mass is 10.1. The maximum Gasteiger partial charge on any atom is 0.255 e. The predicted octanol–water partition coefficient (Wildman–Crippen LogP) is 4.24. The highest BCUT2D eigenvalue weighted by Gasteiger charge is 2.18. The van der Waals surface area contributed by atoms with Gasteiger partial charge in [-0.05, 0) is 37.1 Å². The molecule has 4 nitrogen and oxygen atoms in total. The molecule has 3 rings (SSSR count). The molecule has 1 amide bonds. The Hall–Kier alpha value is -2.40. The SMILES string of the molecule is Cc1nn(Cc2cccc(Br)c2)c(C)c1C(=O)NCc1ccccc1. The maximum absolute atomic E-state index is 12.6. The lowest BCUT2D eigenvalue weighted by molar-refractivity contribution is 0.0949. The van der Waals surface area contributed by atoms with E-state index in [-0.39, 0.29) is 5.91 Å². The molecule has 0 saturated carbocycles. The molecule has 5 heteroatoms. The Balaban J connectivity index is 1.76. The van der Waals surface area contributed by atoms with Crippen LogP contribution in [0, 0.1) is 13.8 Å². The second-order valence-corrected chi connectivity index (χ2v) is 6.92. The number of hydrogen-bond donors (Lipinski definition) is 1. The molecule has 1 N–H and O–H groups in total. The van der Waals surface area contributed by atoms with E-state index in [1.54, 1.807) is 0 Å². The lowest BCUT2D eigenvalue weighted by Gasteiger charge is -2.07. The molecule has 2 aromatic carbocycles. The Labute approximate surface area is 156 Å². The molecule has 0 fully saturated rings. The van der Waals surface area contributed by atoms with Crippen LogP contribution >= 0.6 is 15.9 Å². The molecule has 1 heterocycles. The summed E-state index contributed by atoms with van der Waals surface area (Å²) in [5.74, 6) is -0.0839. The number of hydrogen-bond acceptors (Lipinski definition) is 2. The molecule has 0 bridgehead atoms. The summed E-state index contributed by atoms with van der Waals surface area (Å²) in [5, 5.41) is 7.54. The standard InChI is InChI=1S/C20H20BrN3O/c1-14-19(20(25)22-12-16-7-4-3-5-8-16)15(2)24(23-14)13-17-9-6-10-18(21)11-17/h3-11H,12-13H2,1-2H3,(H,22,25). The normalized spacial score (nSPS) is 10.7. The second kappa shape index (κ2) is 7.66. The first-order chi connectivity index (χ1) is 12.0. The average Bonchev–Trinajstić information content (AvgIpc) is 2.87. The fraction of sp³-hybridized carbons (Fsp3) is 0.200. The Morgan fingerprint density at radius 1 is 1.08 bits per heavy atom. The highest BCUT2D eigenvalue weighted by atomic mass is 79.9. The molecule has 0 saturated heterocycles. The molecule has 0 unspecified atom stereocenters. The predicted molar refractivity (Wildman–Crippen MR) is 103 cm³/mol. The number of carbonyl (C=O) groups is 1. The number of rotatable bonds is 5. The van der Waals surface area contributed by atoms with E-state index in [9.17, 15) is 4.79 Å². The van der Waals surface area contributed by atoms with Crippen molar-refractivity contribution in [3.63, 3.8) is 0 Å². The zero-order valence-corrected chi connectivity index (χ0v) is 15.9. The molecule has 0 aliphatic rings. The molecule has 1 aromatic heterocycles. The van der Waals surface area contributed by atoms with E-state index in [1.165, 1.54) is 0 Å². The largest absolute Gasteiger partial charge is 0.348 e. The summed E-state index contributed by atoms with van der Waals surface area (Å²) < 4.78 is 2.92. The first kappa shape index (κ1) is 17.4. The number of aryl methyl sites for hydroxylation is 1. The van der Waals surface area contributed by atoms with Crippen molar-refractivity contribution in [1.82, 2.24) is 15.1 Å². The molecule has 0 radical (unpaired) electrons. The quantitative estimate of drug-likeness (QED) is 0.699. The molecule has 0 aliphatic heterocycles. The van der Waals surface area contributed by atoms with Crippen molar-refractivity contribution in [3.05, 3.63) is 87.1 Å². The Kier molecular flexibility index (Phi) is 5.34. The van der Waals surface area contributed by atoms with Crippen LogP contribution in [-0.4, -0.2) is 15.7 Å². The lowest BCUT2D eigenvalue weighted by Crippen LogP contribution is -2.24. The smallest absolute Gasteiger partial charge is 0.255 e. The fourth-order valence-electron chi connectivity index (χ4n) is 2.85. The van der Waals surface area contributed by atoms with Crippen molar-refractivity contribution in [2.45, 2.75) is 26.9 Å². The van der Waals surface area contributed by atoms with Gasteiger partial charge in [-0.1, -0.05) is 58.4 Å². The Morgan fingerprint density at radius 3 is 2.52 bits per heavy atom. The third-order valence-electron chi connectivity index (χ3n) is 4.13. The van der Waals surface area contributed by atoms with Gasteiger partial charge in [0.2, 0.25) is 0 Å². The molecule has 3 aromatic rings. The van der Waals surface area contributed by atoms with Crippen LogP contribution in [0.5, 0.6) is 0 Å². The van der Waals surface area contributed by atoms with Gasteiger partial charge in [0.25, 0.3) is 5.91 Å². The molecule has 25 heavy (non-hydrogen) atoms. The van der Waals surface area contributed by atoms with E-state index in [2.05, 4.69) is 38.5 Å². The summed E-state index contributed by atoms with van der Waals surface area (Å²) >= 11 is 3.49. The minimum absolute atomic E-state index is 0.0839. The van der Waals surface area contributed by atoms with Gasteiger partial charge in [-0.3, -0.25) is 9.48 Å². The second-order valence-electron chi connectivity index (χ2n) is 6.00. The summed E-state index contributed by atoms with van der Waals surface area (Å²) in [6.45, 7) is 4.96. The maximum atomic E-state index is 12.6. The third-order valence-corrected chi connectivity index (χ3v) is 4.62. The number of nitrogens with one attached hydrogen (secondary N) is 1. The molecule has 128 valence electrons.